The molecule has 1 fully saturated rings. The highest BCUT2D eigenvalue weighted by Gasteiger charge is 2.36. The Labute approximate surface area is 170 Å². The van der Waals surface area contributed by atoms with Crippen molar-refractivity contribution in [1.82, 2.24) is 0 Å². The molecule has 1 aliphatic heterocycles. The number of hydrogen-bond acceptors (Lipinski definition) is 3. The first-order chi connectivity index (χ1) is 13.1. The molecule has 1 aliphatic rings. The minimum Gasteiger partial charge on any atom is -0.741 e. The molecule has 0 atom stereocenters. The lowest BCUT2D eigenvalue weighted by Gasteiger charge is -2.09. The average molecular weight is 451 g/mol. The lowest BCUT2D eigenvalue weighted by molar-refractivity contribution is -0.0517. The minimum absolute atomic E-state index is 0.413. The maximum Gasteiger partial charge on any atom is 0.485 e. The van der Waals surface area contributed by atoms with Crippen LogP contribution in [0.5, 0.6) is 0 Å². The van der Waals surface area contributed by atoms with Gasteiger partial charge in [0.15, 0.2) is 10.1 Å². The zero-order valence-electron chi connectivity index (χ0n) is 14.7. The van der Waals surface area contributed by atoms with Crippen LogP contribution in [-0.2, 0) is 21.0 Å². The van der Waals surface area contributed by atoms with Gasteiger partial charge in [-0.1, -0.05) is 60.1 Å². The number of alkyl halides is 3. The number of rotatable bonds is 3. The lowest BCUT2D eigenvalue weighted by Crippen LogP contribution is -2.21. The molecule has 0 amide bonds. The Morgan fingerprint density at radius 3 is 2.00 bits per heavy atom. The molecular weight excluding hydrogens is 433 g/mol. The van der Waals surface area contributed by atoms with E-state index in [2.05, 4.69) is 47.9 Å². The standard InChI is InChI=1S/C18H18ClS.CHF3O3S/c19-18-11-5-4-10-16(18)17(14-20-12-6-7-13-20)15-8-2-1-3-9-15;2-1(3,4)8(5,6)7/h1-5,8-11,14H,6-7,12-13H2;(H,5,6,7)/q+1;/p-1. The van der Waals surface area contributed by atoms with Crippen molar-refractivity contribution in [1.29, 1.82) is 0 Å². The van der Waals surface area contributed by atoms with Gasteiger partial charge in [-0.15, -0.1) is 0 Å². The Balaban J connectivity index is 0.000000300. The van der Waals surface area contributed by atoms with Crippen LogP contribution in [0.3, 0.4) is 0 Å². The molecule has 0 saturated carbocycles. The van der Waals surface area contributed by atoms with Crippen molar-refractivity contribution in [3.8, 4) is 0 Å². The van der Waals surface area contributed by atoms with Gasteiger partial charge in [0.25, 0.3) is 0 Å². The molecule has 3 rings (SSSR count). The van der Waals surface area contributed by atoms with Crippen molar-refractivity contribution < 1.29 is 26.1 Å². The summed E-state index contributed by atoms with van der Waals surface area (Å²) in [5.74, 6) is 2.67. The lowest BCUT2D eigenvalue weighted by atomic mass is 10.00. The summed E-state index contributed by atoms with van der Waals surface area (Å²) in [7, 11) is -5.68. The molecule has 0 N–H and O–H groups in total. The van der Waals surface area contributed by atoms with E-state index in [1.807, 2.05) is 12.1 Å². The molecule has 1 saturated heterocycles. The molecule has 0 radical (unpaired) electrons. The van der Waals surface area contributed by atoms with Crippen LogP contribution in [0.1, 0.15) is 24.0 Å². The minimum atomic E-state index is -6.09. The molecular formula is C19H18ClF3O3S2. The highest BCUT2D eigenvalue weighted by Crippen LogP contribution is 2.31. The van der Waals surface area contributed by atoms with E-state index in [0.29, 0.717) is 10.9 Å². The molecule has 0 spiro atoms. The Kier molecular flexibility index (Phi) is 8.00. The largest absolute Gasteiger partial charge is 0.741 e. The summed E-state index contributed by atoms with van der Waals surface area (Å²) in [5.41, 5.74) is -1.94. The molecule has 0 aliphatic carbocycles. The van der Waals surface area contributed by atoms with Crippen LogP contribution in [0.15, 0.2) is 60.0 Å². The zero-order chi connectivity index (χ0) is 20.8. The Morgan fingerprint density at radius 2 is 1.50 bits per heavy atom. The predicted molar refractivity (Wildman–Crippen MR) is 107 cm³/mol. The van der Waals surface area contributed by atoms with Gasteiger partial charge in [0.05, 0.1) is 0 Å². The van der Waals surface area contributed by atoms with Crippen molar-refractivity contribution in [2.24, 2.45) is 0 Å². The van der Waals surface area contributed by atoms with Crippen LogP contribution in [-0.4, -0.2) is 30.0 Å². The normalized spacial score (nSPS) is 15.8. The fourth-order valence-corrected chi connectivity index (χ4v) is 4.97. The van der Waals surface area contributed by atoms with Gasteiger partial charge in [-0.3, -0.25) is 0 Å². The van der Waals surface area contributed by atoms with Crippen LogP contribution in [0, 0.1) is 0 Å². The third-order valence-electron chi connectivity index (χ3n) is 3.88. The van der Waals surface area contributed by atoms with E-state index in [4.69, 9.17) is 24.6 Å². The van der Waals surface area contributed by atoms with Crippen LogP contribution in [0.4, 0.5) is 13.2 Å². The Bertz CT molecular complexity index is 908. The number of hydrogen-bond donors (Lipinski definition) is 0. The summed E-state index contributed by atoms with van der Waals surface area (Å²) >= 11 is 6.42. The molecule has 0 bridgehead atoms. The summed E-state index contributed by atoms with van der Waals surface area (Å²) in [4.78, 5) is 0. The summed E-state index contributed by atoms with van der Waals surface area (Å²) in [6.07, 6.45) is 2.73. The van der Waals surface area contributed by atoms with Crippen LogP contribution >= 0.6 is 11.6 Å². The maximum absolute atomic E-state index is 10.7. The third kappa shape index (κ3) is 6.55. The smallest absolute Gasteiger partial charge is 0.485 e. The SMILES string of the molecule is Clc1ccccc1C(=C[S+]1CCCC1)c1ccccc1.O=S(=O)([O-])C(F)(F)F. The topological polar surface area (TPSA) is 57.2 Å². The van der Waals surface area contributed by atoms with Crippen LogP contribution in [0.2, 0.25) is 5.02 Å². The molecule has 28 heavy (non-hydrogen) atoms. The quantitative estimate of drug-likeness (QED) is 0.367. The van der Waals surface area contributed by atoms with E-state index in [1.54, 1.807) is 0 Å². The van der Waals surface area contributed by atoms with Gasteiger partial charge in [0.2, 0.25) is 0 Å². The van der Waals surface area contributed by atoms with Crippen molar-refractivity contribution in [3.63, 3.8) is 0 Å². The Morgan fingerprint density at radius 1 is 1.00 bits per heavy atom. The van der Waals surface area contributed by atoms with Gasteiger partial charge < -0.3 is 4.55 Å². The summed E-state index contributed by atoms with van der Waals surface area (Å²) in [6.45, 7) is 0. The highest BCUT2D eigenvalue weighted by atomic mass is 35.5. The second kappa shape index (κ2) is 9.82. The van der Waals surface area contributed by atoms with Gasteiger partial charge in [-0.2, -0.15) is 13.2 Å². The molecule has 0 aromatic heterocycles. The van der Waals surface area contributed by atoms with E-state index < -0.39 is 15.6 Å². The van der Waals surface area contributed by atoms with E-state index >= 15 is 0 Å². The second-order valence-electron chi connectivity index (χ2n) is 5.93. The third-order valence-corrected chi connectivity index (χ3v) is 6.97. The molecule has 9 heteroatoms. The highest BCUT2D eigenvalue weighted by molar-refractivity contribution is 8.00. The summed E-state index contributed by atoms with van der Waals surface area (Å²) in [6, 6.07) is 18.8. The van der Waals surface area contributed by atoms with Crippen molar-refractivity contribution in [2.75, 3.05) is 11.5 Å². The number of halogens is 4. The van der Waals surface area contributed by atoms with E-state index in [9.17, 15) is 13.2 Å². The second-order valence-corrected chi connectivity index (χ2v) is 9.84. The fraction of sp³-hybridized carbons (Fsp3) is 0.263. The monoisotopic (exact) mass is 450 g/mol. The molecule has 2 aromatic carbocycles. The molecule has 3 nitrogen and oxygen atoms in total. The molecule has 1 heterocycles. The first-order valence-electron chi connectivity index (χ1n) is 8.30. The summed E-state index contributed by atoms with van der Waals surface area (Å²) in [5, 5.41) is 3.30. The zero-order valence-corrected chi connectivity index (χ0v) is 17.0. The fourth-order valence-electron chi connectivity index (χ4n) is 2.55. The predicted octanol–water partition coefficient (Wildman–Crippen LogP) is 5.19. The van der Waals surface area contributed by atoms with E-state index in [1.165, 1.54) is 35.5 Å². The van der Waals surface area contributed by atoms with Gasteiger partial charge in [0, 0.05) is 27.1 Å². The van der Waals surface area contributed by atoms with E-state index in [-0.39, 0.29) is 0 Å². The average Bonchev–Trinajstić information content (AvgIpc) is 3.13. The van der Waals surface area contributed by atoms with Crippen LogP contribution in [0.25, 0.3) is 5.57 Å². The van der Waals surface area contributed by atoms with Gasteiger partial charge >= 0.3 is 5.51 Å². The van der Waals surface area contributed by atoms with Gasteiger partial charge in [0.1, 0.15) is 16.9 Å². The van der Waals surface area contributed by atoms with Crippen LogP contribution < -0.4 is 0 Å². The van der Waals surface area contributed by atoms with Gasteiger partial charge in [-0.05, 0) is 24.5 Å². The maximum atomic E-state index is 10.7. The first-order valence-corrected chi connectivity index (χ1v) is 11.7. The van der Waals surface area contributed by atoms with Crippen molar-refractivity contribution in [3.05, 3.63) is 76.2 Å². The molecule has 2 aromatic rings. The van der Waals surface area contributed by atoms with Crippen molar-refractivity contribution >= 4 is 38.2 Å². The van der Waals surface area contributed by atoms with E-state index in [0.717, 1.165) is 10.6 Å². The molecule has 0 unspecified atom stereocenters. The van der Waals surface area contributed by atoms with Crippen molar-refractivity contribution in [2.45, 2.75) is 18.3 Å². The first kappa shape index (κ1) is 22.8. The van der Waals surface area contributed by atoms with Gasteiger partial charge in [-0.25, -0.2) is 8.42 Å². The molecule has 152 valence electrons. The Hall–Kier alpha value is -1.48. The summed E-state index contributed by atoms with van der Waals surface area (Å²) < 4.78 is 58.9. The number of benzene rings is 2.